The van der Waals surface area contributed by atoms with Crippen molar-refractivity contribution in [2.45, 2.75) is 102 Å². The highest BCUT2D eigenvalue weighted by molar-refractivity contribution is 7.99. The number of anilines is 2. The minimum atomic E-state index is -4.07. The number of hydrogen-bond acceptors (Lipinski definition) is 8. The maximum atomic E-state index is 13.5. The van der Waals surface area contributed by atoms with Gasteiger partial charge >= 0.3 is 0 Å². The Morgan fingerprint density at radius 3 is 2.28 bits per heavy atom. The van der Waals surface area contributed by atoms with Gasteiger partial charge in [-0.25, -0.2) is 13.1 Å². The molecule has 308 valence electrons. The SMILES string of the molecule is CCCN(C)CC[C@H](CSc1ccccc1)Nc1ccc(S(=O)(=O)NC(=O)c2ccc(N3CCN(CC4=C(C56CC(C)(C5)C6)CC(C)(C)CC4)CC3)cc2)cc1C. The number of amides is 1. The molecule has 2 bridgehead atoms. The van der Waals surface area contributed by atoms with Gasteiger partial charge in [-0.1, -0.05) is 57.0 Å². The molecule has 3 saturated carbocycles. The van der Waals surface area contributed by atoms with E-state index in [1.807, 2.05) is 48.5 Å². The monoisotopic (exact) mass is 811 g/mol. The molecule has 1 saturated heterocycles. The highest BCUT2D eigenvalue weighted by Crippen LogP contribution is 2.77. The van der Waals surface area contributed by atoms with Crippen LogP contribution in [0.3, 0.4) is 0 Å². The number of nitrogens with one attached hydrogen (secondary N) is 2. The second-order valence-electron chi connectivity index (χ2n) is 18.8. The topological polar surface area (TPSA) is 85.0 Å². The third-order valence-corrected chi connectivity index (χ3v) is 15.7. The van der Waals surface area contributed by atoms with Crippen molar-refractivity contribution in [1.82, 2.24) is 14.5 Å². The summed E-state index contributed by atoms with van der Waals surface area (Å²) >= 11 is 1.82. The average Bonchev–Trinajstić information content (AvgIpc) is 3.16. The van der Waals surface area contributed by atoms with Gasteiger partial charge in [-0.15, -0.1) is 11.8 Å². The lowest BCUT2D eigenvalue weighted by atomic mass is 9.33. The molecule has 4 fully saturated rings. The van der Waals surface area contributed by atoms with E-state index in [-0.39, 0.29) is 10.9 Å². The van der Waals surface area contributed by atoms with Crippen LogP contribution in [0.25, 0.3) is 0 Å². The van der Waals surface area contributed by atoms with Crippen LogP contribution in [0.4, 0.5) is 11.4 Å². The summed E-state index contributed by atoms with van der Waals surface area (Å²) < 4.78 is 29.2. The predicted octanol–water partition coefficient (Wildman–Crippen LogP) is 9.24. The van der Waals surface area contributed by atoms with E-state index in [9.17, 15) is 13.2 Å². The van der Waals surface area contributed by atoms with E-state index in [0.717, 1.165) is 81.3 Å². The Balaban J connectivity index is 0.923. The maximum absolute atomic E-state index is 13.5. The van der Waals surface area contributed by atoms with Crippen LogP contribution in [0.1, 0.15) is 95.0 Å². The summed E-state index contributed by atoms with van der Waals surface area (Å²) in [6, 6.07) is 23.0. The fraction of sp³-hybridized carbons (Fsp3) is 0.553. The molecule has 1 amide bonds. The van der Waals surface area contributed by atoms with E-state index in [0.29, 0.717) is 21.8 Å². The molecule has 0 spiro atoms. The summed E-state index contributed by atoms with van der Waals surface area (Å²) in [7, 11) is -1.92. The van der Waals surface area contributed by atoms with Crippen LogP contribution in [0, 0.1) is 23.2 Å². The Bertz CT molecular complexity index is 2000. The van der Waals surface area contributed by atoms with Crippen molar-refractivity contribution in [3.05, 3.63) is 95.1 Å². The minimum absolute atomic E-state index is 0.0737. The van der Waals surface area contributed by atoms with Crippen molar-refractivity contribution < 1.29 is 13.2 Å². The molecular formula is C47H65N5O3S2. The van der Waals surface area contributed by atoms with Gasteiger partial charge < -0.3 is 15.1 Å². The van der Waals surface area contributed by atoms with Gasteiger partial charge in [-0.05, 0) is 155 Å². The normalized spacial score (nSPS) is 23.8. The molecule has 1 atom stereocenters. The van der Waals surface area contributed by atoms with E-state index >= 15 is 0 Å². The summed E-state index contributed by atoms with van der Waals surface area (Å²) in [6.07, 6.45) is 10.1. The second kappa shape index (κ2) is 17.1. The van der Waals surface area contributed by atoms with Gasteiger partial charge in [0.2, 0.25) is 0 Å². The Morgan fingerprint density at radius 2 is 1.63 bits per heavy atom. The van der Waals surface area contributed by atoms with Crippen molar-refractivity contribution >= 4 is 39.1 Å². The number of sulfonamides is 1. The first kappa shape index (κ1) is 41.8. The molecule has 3 aromatic carbocycles. The van der Waals surface area contributed by atoms with Gasteiger partial charge in [0, 0.05) is 66.4 Å². The number of thioether (sulfide) groups is 1. The molecular weight excluding hydrogens is 747 g/mol. The molecule has 5 aliphatic rings. The fourth-order valence-corrected chi connectivity index (χ4v) is 12.2. The molecule has 8 nitrogen and oxygen atoms in total. The van der Waals surface area contributed by atoms with Crippen LogP contribution in [0.2, 0.25) is 0 Å². The molecule has 57 heavy (non-hydrogen) atoms. The molecule has 2 N–H and O–H groups in total. The summed E-state index contributed by atoms with van der Waals surface area (Å²) in [6.45, 7) is 18.5. The van der Waals surface area contributed by atoms with Crippen LogP contribution in [0.15, 0.2) is 93.7 Å². The number of allylic oxidation sites excluding steroid dienone is 1. The van der Waals surface area contributed by atoms with Gasteiger partial charge in [0.15, 0.2) is 0 Å². The molecule has 0 aromatic heterocycles. The Labute approximate surface area is 347 Å². The molecule has 3 aromatic rings. The van der Waals surface area contributed by atoms with E-state index in [1.54, 1.807) is 29.8 Å². The van der Waals surface area contributed by atoms with Gasteiger partial charge in [0.1, 0.15) is 0 Å². The van der Waals surface area contributed by atoms with Crippen molar-refractivity contribution in [2.24, 2.45) is 16.2 Å². The Morgan fingerprint density at radius 1 is 0.930 bits per heavy atom. The summed E-state index contributed by atoms with van der Waals surface area (Å²) in [4.78, 5) is 21.9. The fourth-order valence-electron chi connectivity index (χ4n) is 10.1. The van der Waals surface area contributed by atoms with E-state index < -0.39 is 15.9 Å². The quantitative estimate of drug-likeness (QED) is 0.103. The highest BCUT2D eigenvalue weighted by Gasteiger charge is 2.66. The van der Waals surface area contributed by atoms with Crippen LogP contribution in [-0.4, -0.2) is 88.8 Å². The third-order valence-electron chi connectivity index (χ3n) is 13.2. The molecule has 1 aliphatic heterocycles. The number of carbonyl (C=O) groups excluding carboxylic acids is 1. The number of hydrogen-bond donors (Lipinski definition) is 2. The first-order valence-electron chi connectivity index (χ1n) is 21.2. The highest BCUT2D eigenvalue weighted by atomic mass is 32.2. The van der Waals surface area contributed by atoms with E-state index in [4.69, 9.17) is 0 Å². The average molecular weight is 812 g/mol. The van der Waals surface area contributed by atoms with Crippen molar-refractivity contribution in [1.29, 1.82) is 0 Å². The number of carbonyl (C=O) groups is 1. The smallest absolute Gasteiger partial charge is 0.264 e. The zero-order valence-electron chi connectivity index (χ0n) is 35.2. The zero-order valence-corrected chi connectivity index (χ0v) is 36.8. The van der Waals surface area contributed by atoms with Crippen molar-refractivity contribution in [3.63, 3.8) is 0 Å². The summed E-state index contributed by atoms with van der Waals surface area (Å²) in [5.41, 5.74) is 8.22. The standard InChI is InChI=1S/C47H65N5O3S2/c1-7-22-50(6)23-20-38(31-56-40-11-9-8-10-12-40)48-43-18-17-41(28-35(43)2)57(54,55)49-44(53)36-13-15-39(16-14-36)52-26-24-51(25-27-52)30-37-19-21-45(3,4)29-42(37)47-32-46(5,33-47)34-47/h8-18,28,38,48H,7,19-27,29-34H2,1-6H3,(H,49,53)/t38-,46?,47?/m1/s1. The molecule has 1 heterocycles. The van der Waals surface area contributed by atoms with Gasteiger partial charge in [0.05, 0.1) is 4.90 Å². The number of nitrogens with zero attached hydrogens (tertiary/aromatic N) is 3. The van der Waals surface area contributed by atoms with Crippen molar-refractivity contribution in [2.75, 3.05) is 68.8 Å². The first-order chi connectivity index (χ1) is 27.1. The van der Waals surface area contributed by atoms with Gasteiger partial charge in [-0.2, -0.15) is 0 Å². The zero-order chi connectivity index (χ0) is 40.4. The lowest BCUT2D eigenvalue weighted by molar-refractivity contribution is -0.167. The third kappa shape index (κ3) is 9.94. The molecule has 0 radical (unpaired) electrons. The van der Waals surface area contributed by atoms with Crippen LogP contribution in [-0.2, 0) is 10.0 Å². The first-order valence-corrected chi connectivity index (χ1v) is 23.7. The summed E-state index contributed by atoms with van der Waals surface area (Å²) in [5, 5.41) is 3.69. The van der Waals surface area contributed by atoms with E-state index in [2.05, 4.69) is 83.7 Å². The minimum Gasteiger partial charge on any atom is -0.381 e. The molecule has 10 heteroatoms. The largest absolute Gasteiger partial charge is 0.381 e. The Hall–Kier alpha value is -3.31. The van der Waals surface area contributed by atoms with Crippen LogP contribution < -0.4 is 14.9 Å². The van der Waals surface area contributed by atoms with Gasteiger partial charge in [-0.3, -0.25) is 9.69 Å². The maximum Gasteiger partial charge on any atom is 0.264 e. The van der Waals surface area contributed by atoms with Gasteiger partial charge in [0.25, 0.3) is 15.9 Å². The predicted molar refractivity (Wildman–Crippen MR) is 237 cm³/mol. The number of rotatable bonds is 17. The number of benzene rings is 3. The van der Waals surface area contributed by atoms with Crippen LogP contribution >= 0.6 is 11.8 Å². The lowest BCUT2D eigenvalue weighted by Crippen LogP contribution is -2.61. The second-order valence-corrected chi connectivity index (χ2v) is 21.6. The number of aryl methyl sites for hydroxylation is 1. The van der Waals surface area contributed by atoms with Crippen LogP contribution in [0.5, 0.6) is 0 Å². The number of piperazine rings is 1. The summed E-state index contributed by atoms with van der Waals surface area (Å²) in [5.74, 6) is 0.255. The lowest BCUT2D eigenvalue weighted by Gasteiger charge is -2.72. The molecule has 0 unspecified atom stereocenters. The van der Waals surface area contributed by atoms with E-state index in [1.165, 1.54) is 43.4 Å². The molecule has 4 aliphatic carbocycles. The van der Waals surface area contributed by atoms with Crippen molar-refractivity contribution in [3.8, 4) is 0 Å². The Kier molecular flexibility index (Phi) is 12.6. The molecule has 8 rings (SSSR count).